The lowest BCUT2D eigenvalue weighted by atomic mass is 9.66. The van der Waals surface area contributed by atoms with Gasteiger partial charge in [0.15, 0.2) is 0 Å². The minimum atomic E-state index is 0.808. The summed E-state index contributed by atoms with van der Waals surface area (Å²) in [4.78, 5) is 0. The Morgan fingerprint density at radius 1 is 0.818 bits per heavy atom. The molecule has 0 amide bonds. The molecule has 3 aliphatic rings. The van der Waals surface area contributed by atoms with E-state index in [0.717, 1.165) is 34.0 Å². The molecule has 2 heteroatoms. The van der Waals surface area contributed by atoms with Crippen LogP contribution in [0, 0.1) is 11.8 Å². The Kier molecular flexibility index (Phi) is 4.39. The van der Waals surface area contributed by atoms with Crippen molar-refractivity contribution in [3.8, 4) is 5.75 Å². The maximum Gasteiger partial charge on any atom is 0.118 e. The van der Waals surface area contributed by atoms with Crippen molar-refractivity contribution < 1.29 is 4.74 Å². The van der Waals surface area contributed by atoms with E-state index >= 15 is 0 Å². The van der Waals surface area contributed by atoms with Gasteiger partial charge < -0.3 is 4.74 Å². The van der Waals surface area contributed by atoms with Crippen molar-refractivity contribution in [2.75, 3.05) is 7.11 Å². The van der Waals surface area contributed by atoms with Crippen LogP contribution in [-0.4, -0.2) is 17.6 Å². The third-order valence-electron chi connectivity index (χ3n) is 6.28. The minimum absolute atomic E-state index is 0.808. The number of hydrogen-bond acceptors (Lipinski definition) is 2. The van der Waals surface area contributed by atoms with Gasteiger partial charge in [0, 0.05) is 10.5 Å². The lowest BCUT2D eigenvalue weighted by molar-refractivity contribution is 0.196. The van der Waals surface area contributed by atoms with Gasteiger partial charge in [-0.2, -0.15) is 11.8 Å². The lowest BCUT2D eigenvalue weighted by Crippen LogP contribution is -2.43. The first-order valence-corrected chi connectivity index (χ1v) is 10.1. The molecule has 1 saturated heterocycles. The van der Waals surface area contributed by atoms with Gasteiger partial charge in [-0.1, -0.05) is 37.8 Å². The highest BCUT2D eigenvalue weighted by Gasteiger charge is 2.46. The molecule has 1 nitrogen and oxygen atoms in total. The van der Waals surface area contributed by atoms with Crippen LogP contribution in [0.25, 0.3) is 0 Å². The number of benzene rings is 1. The largest absolute Gasteiger partial charge is 0.497 e. The SMILES string of the molecule is COc1ccc(C2C3CCCCC3SC3CCCCC32)cc1. The molecule has 4 atom stereocenters. The average Bonchev–Trinajstić information content (AvgIpc) is 2.60. The van der Waals surface area contributed by atoms with Gasteiger partial charge in [-0.15, -0.1) is 0 Å². The molecule has 0 bridgehead atoms. The van der Waals surface area contributed by atoms with E-state index in [4.69, 9.17) is 4.74 Å². The van der Waals surface area contributed by atoms with Crippen LogP contribution < -0.4 is 4.74 Å². The second-order valence-electron chi connectivity index (χ2n) is 7.41. The summed E-state index contributed by atoms with van der Waals surface area (Å²) in [6.45, 7) is 0. The number of hydrogen-bond donors (Lipinski definition) is 0. The van der Waals surface area contributed by atoms with Crippen molar-refractivity contribution in [2.24, 2.45) is 11.8 Å². The number of methoxy groups -OCH3 is 1. The number of ether oxygens (including phenoxy) is 1. The van der Waals surface area contributed by atoms with Crippen LogP contribution in [0.5, 0.6) is 5.75 Å². The summed E-state index contributed by atoms with van der Waals surface area (Å²) in [6, 6.07) is 9.06. The molecule has 1 aromatic rings. The van der Waals surface area contributed by atoms with Crippen molar-refractivity contribution in [1.82, 2.24) is 0 Å². The fourth-order valence-corrected chi connectivity index (χ4v) is 7.34. The Hall–Kier alpha value is -0.630. The standard InChI is InChI=1S/C20H28OS/c1-21-15-12-10-14(11-13-15)20-16-6-2-4-8-18(16)22-19-9-5-3-7-17(19)20/h10-13,16-20H,2-9H2,1H3. The summed E-state index contributed by atoms with van der Waals surface area (Å²) in [5.74, 6) is 3.65. The van der Waals surface area contributed by atoms with Gasteiger partial charge in [0.2, 0.25) is 0 Å². The molecule has 22 heavy (non-hydrogen) atoms. The molecule has 1 aromatic carbocycles. The summed E-state index contributed by atoms with van der Waals surface area (Å²) < 4.78 is 5.37. The van der Waals surface area contributed by atoms with Crippen LogP contribution in [0.3, 0.4) is 0 Å². The Morgan fingerprint density at radius 2 is 1.36 bits per heavy atom. The second kappa shape index (κ2) is 6.47. The van der Waals surface area contributed by atoms with Gasteiger partial charge in [0.1, 0.15) is 5.75 Å². The van der Waals surface area contributed by atoms with E-state index in [1.54, 1.807) is 12.7 Å². The molecule has 1 aliphatic heterocycles. The fraction of sp³-hybridized carbons (Fsp3) is 0.700. The van der Waals surface area contributed by atoms with Gasteiger partial charge in [0.25, 0.3) is 0 Å². The molecule has 3 fully saturated rings. The van der Waals surface area contributed by atoms with Crippen LogP contribution in [0.15, 0.2) is 24.3 Å². The Bertz CT molecular complexity index is 475. The quantitative estimate of drug-likeness (QED) is 0.698. The zero-order chi connectivity index (χ0) is 14.9. The molecular formula is C20H28OS. The van der Waals surface area contributed by atoms with E-state index in [9.17, 15) is 0 Å². The van der Waals surface area contributed by atoms with Gasteiger partial charge in [-0.25, -0.2) is 0 Å². The van der Waals surface area contributed by atoms with Gasteiger partial charge >= 0.3 is 0 Å². The molecular weight excluding hydrogens is 288 g/mol. The Labute approximate surface area is 139 Å². The monoisotopic (exact) mass is 316 g/mol. The van der Waals surface area contributed by atoms with Crippen molar-refractivity contribution in [2.45, 2.75) is 67.8 Å². The molecule has 0 aromatic heterocycles. The highest BCUT2D eigenvalue weighted by Crippen LogP contribution is 2.57. The predicted molar refractivity (Wildman–Crippen MR) is 94.8 cm³/mol. The first-order valence-electron chi connectivity index (χ1n) is 9.16. The number of fused-ring (bicyclic) bond motifs is 2. The molecule has 0 spiro atoms. The van der Waals surface area contributed by atoms with Crippen LogP contribution in [-0.2, 0) is 0 Å². The summed E-state index contributed by atoms with van der Waals surface area (Å²) in [5, 5.41) is 1.86. The molecule has 0 N–H and O–H groups in total. The average molecular weight is 317 g/mol. The highest BCUT2D eigenvalue weighted by atomic mass is 32.2. The van der Waals surface area contributed by atoms with E-state index in [2.05, 4.69) is 36.0 Å². The summed E-state index contributed by atoms with van der Waals surface area (Å²) in [5.41, 5.74) is 1.59. The van der Waals surface area contributed by atoms with Crippen LogP contribution in [0.1, 0.15) is 62.8 Å². The summed E-state index contributed by atoms with van der Waals surface area (Å²) in [7, 11) is 1.76. The topological polar surface area (TPSA) is 9.23 Å². The molecule has 1 heterocycles. The van der Waals surface area contributed by atoms with Gasteiger partial charge in [-0.05, 0) is 61.1 Å². The molecule has 4 unspecified atom stereocenters. The zero-order valence-corrected chi connectivity index (χ0v) is 14.5. The zero-order valence-electron chi connectivity index (χ0n) is 13.7. The van der Waals surface area contributed by atoms with Crippen molar-refractivity contribution in [3.05, 3.63) is 29.8 Å². The molecule has 120 valence electrons. The minimum Gasteiger partial charge on any atom is -0.497 e. The normalized spacial score (nSPS) is 38.0. The van der Waals surface area contributed by atoms with E-state index < -0.39 is 0 Å². The molecule has 0 radical (unpaired) electrons. The Balaban J connectivity index is 1.67. The van der Waals surface area contributed by atoms with E-state index in [1.807, 2.05) is 0 Å². The van der Waals surface area contributed by atoms with Gasteiger partial charge in [0.05, 0.1) is 7.11 Å². The summed E-state index contributed by atoms with van der Waals surface area (Å²) >= 11 is 2.38. The predicted octanol–water partition coefficient (Wildman–Crippen LogP) is 5.64. The van der Waals surface area contributed by atoms with Gasteiger partial charge in [-0.3, -0.25) is 0 Å². The fourth-order valence-electron chi connectivity index (χ4n) is 5.27. The second-order valence-corrected chi connectivity index (χ2v) is 8.89. The summed E-state index contributed by atoms with van der Waals surface area (Å²) in [6.07, 6.45) is 11.7. The maximum absolute atomic E-state index is 5.37. The van der Waals surface area contributed by atoms with E-state index in [0.29, 0.717) is 0 Å². The number of thioether (sulfide) groups is 1. The van der Waals surface area contributed by atoms with E-state index in [1.165, 1.54) is 51.4 Å². The highest BCUT2D eigenvalue weighted by molar-refractivity contribution is 8.00. The van der Waals surface area contributed by atoms with Crippen molar-refractivity contribution >= 4 is 11.8 Å². The molecule has 2 aliphatic carbocycles. The smallest absolute Gasteiger partial charge is 0.118 e. The van der Waals surface area contributed by atoms with Crippen LogP contribution in [0.2, 0.25) is 0 Å². The third kappa shape index (κ3) is 2.68. The van der Waals surface area contributed by atoms with Crippen molar-refractivity contribution in [3.63, 3.8) is 0 Å². The lowest BCUT2D eigenvalue weighted by Gasteiger charge is -2.51. The molecule has 2 saturated carbocycles. The van der Waals surface area contributed by atoms with Crippen LogP contribution >= 0.6 is 11.8 Å². The van der Waals surface area contributed by atoms with E-state index in [-0.39, 0.29) is 0 Å². The molecule has 4 rings (SSSR count). The maximum atomic E-state index is 5.37. The third-order valence-corrected chi connectivity index (χ3v) is 8.15. The number of rotatable bonds is 2. The first kappa shape index (κ1) is 14.9. The van der Waals surface area contributed by atoms with Crippen LogP contribution in [0.4, 0.5) is 0 Å². The van der Waals surface area contributed by atoms with Crippen molar-refractivity contribution in [1.29, 1.82) is 0 Å². The Morgan fingerprint density at radius 3 is 1.91 bits per heavy atom. The first-order chi connectivity index (χ1) is 10.9.